The van der Waals surface area contributed by atoms with Gasteiger partial charge >= 0.3 is 0 Å². The number of ether oxygens (including phenoxy) is 2. The van der Waals surface area contributed by atoms with Crippen molar-refractivity contribution in [2.24, 2.45) is 0 Å². The summed E-state index contributed by atoms with van der Waals surface area (Å²) in [5, 5.41) is 0.684. The summed E-state index contributed by atoms with van der Waals surface area (Å²) in [4.78, 5) is 22.1. The topological polar surface area (TPSA) is 54.9 Å². The fraction of sp³-hybridized carbons (Fsp3) is 0.417. The monoisotopic (exact) mass is 439 g/mol. The van der Waals surface area contributed by atoms with Crippen molar-refractivity contribution in [2.45, 2.75) is 26.2 Å². The van der Waals surface area contributed by atoms with Crippen LogP contribution in [0.15, 0.2) is 36.4 Å². The van der Waals surface area contributed by atoms with Crippen LogP contribution in [0.5, 0.6) is 11.5 Å². The summed E-state index contributed by atoms with van der Waals surface area (Å²) in [6, 6.07) is 11.8. The van der Waals surface area contributed by atoms with E-state index in [1.165, 1.54) is 16.9 Å². The zero-order chi connectivity index (χ0) is 22.2. The highest BCUT2D eigenvalue weighted by molar-refractivity contribution is 7.22. The zero-order valence-corrected chi connectivity index (χ0v) is 19.6. The summed E-state index contributed by atoms with van der Waals surface area (Å²) in [7, 11) is 4.00. The quantitative estimate of drug-likeness (QED) is 0.583. The largest absolute Gasteiger partial charge is 0.486 e. The Balaban J connectivity index is 1.68. The van der Waals surface area contributed by atoms with Gasteiger partial charge in [0.2, 0.25) is 0 Å². The van der Waals surface area contributed by atoms with Crippen LogP contribution in [0.25, 0.3) is 10.2 Å². The van der Waals surface area contributed by atoms with Gasteiger partial charge in [0.25, 0.3) is 5.91 Å². The number of rotatable bonds is 5. The lowest BCUT2D eigenvalue weighted by atomic mass is 9.86. The van der Waals surface area contributed by atoms with Gasteiger partial charge in [-0.3, -0.25) is 9.69 Å². The van der Waals surface area contributed by atoms with Gasteiger partial charge < -0.3 is 14.4 Å². The predicted octanol–water partition coefficient (Wildman–Crippen LogP) is 4.57. The lowest BCUT2D eigenvalue weighted by molar-refractivity contribution is 0.0985. The summed E-state index contributed by atoms with van der Waals surface area (Å²) in [5.74, 6) is 1.40. The van der Waals surface area contributed by atoms with Crippen molar-refractivity contribution < 1.29 is 14.3 Å². The van der Waals surface area contributed by atoms with Gasteiger partial charge in [0, 0.05) is 30.8 Å². The van der Waals surface area contributed by atoms with Crippen molar-refractivity contribution in [3.05, 3.63) is 47.5 Å². The number of amides is 1. The maximum atomic E-state index is 13.5. The van der Waals surface area contributed by atoms with Crippen molar-refractivity contribution >= 4 is 32.6 Å². The van der Waals surface area contributed by atoms with Crippen LogP contribution in [0.1, 0.15) is 36.7 Å². The van der Waals surface area contributed by atoms with E-state index in [1.807, 2.05) is 50.5 Å². The van der Waals surface area contributed by atoms with E-state index in [0.29, 0.717) is 36.2 Å². The number of thiazole rings is 1. The molecule has 164 valence electrons. The second-order valence-electron chi connectivity index (χ2n) is 9.05. The van der Waals surface area contributed by atoms with Gasteiger partial charge in [0.15, 0.2) is 16.6 Å². The van der Waals surface area contributed by atoms with Crippen molar-refractivity contribution in [3.8, 4) is 11.5 Å². The van der Waals surface area contributed by atoms with E-state index < -0.39 is 0 Å². The summed E-state index contributed by atoms with van der Waals surface area (Å²) in [5.41, 5.74) is 2.73. The number of anilines is 1. The molecule has 3 aromatic rings. The van der Waals surface area contributed by atoms with Crippen molar-refractivity contribution in [1.29, 1.82) is 0 Å². The van der Waals surface area contributed by atoms with Gasteiger partial charge in [-0.25, -0.2) is 4.98 Å². The first kappa shape index (κ1) is 21.6. The first-order valence-corrected chi connectivity index (χ1v) is 11.3. The summed E-state index contributed by atoms with van der Waals surface area (Å²) < 4.78 is 12.4. The van der Waals surface area contributed by atoms with Crippen LogP contribution in [0.2, 0.25) is 0 Å². The molecule has 0 fully saturated rings. The molecule has 31 heavy (non-hydrogen) atoms. The standard InChI is InChI=1S/C24H29N3O3S/c1-24(2,3)17-8-6-16(7-9-17)22(28)27(11-10-26(4)5)23-25-18-14-19-20(15-21(18)31-23)30-13-12-29-19/h6-9,14-15H,10-13H2,1-5H3. The predicted molar refractivity (Wildman–Crippen MR) is 126 cm³/mol. The molecule has 0 radical (unpaired) electrons. The minimum Gasteiger partial charge on any atom is -0.486 e. The number of benzene rings is 2. The molecule has 0 unspecified atom stereocenters. The molecule has 0 atom stereocenters. The molecule has 0 N–H and O–H groups in total. The van der Waals surface area contributed by atoms with Crippen LogP contribution >= 0.6 is 11.3 Å². The maximum absolute atomic E-state index is 13.5. The normalized spacial score (nSPS) is 13.6. The zero-order valence-electron chi connectivity index (χ0n) is 18.8. The molecule has 1 amide bonds. The molecule has 6 nitrogen and oxygen atoms in total. The minimum atomic E-state index is -0.0429. The molecule has 1 aliphatic rings. The number of nitrogens with zero attached hydrogens (tertiary/aromatic N) is 3. The lowest BCUT2D eigenvalue weighted by Gasteiger charge is -2.23. The SMILES string of the molecule is CN(C)CCN(C(=O)c1ccc(C(C)(C)C)cc1)c1nc2cc3c(cc2s1)OCCO3. The average Bonchev–Trinajstić information content (AvgIpc) is 3.13. The van der Waals surface area contributed by atoms with E-state index in [-0.39, 0.29) is 11.3 Å². The number of carbonyl (C=O) groups is 1. The maximum Gasteiger partial charge on any atom is 0.260 e. The molecule has 0 saturated heterocycles. The fourth-order valence-corrected chi connectivity index (χ4v) is 4.42. The molecule has 0 bridgehead atoms. The molecular weight excluding hydrogens is 410 g/mol. The van der Waals surface area contributed by atoms with E-state index in [9.17, 15) is 4.79 Å². The average molecular weight is 440 g/mol. The lowest BCUT2D eigenvalue weighted by Crippen LogP contribution is -2.36. The van der Waals surface area contributed by atoms with Gasteiger partial charge in [-0.05, 0) is 37.2 Å². The number of hydrogen-bond donors (Lipinski definition) is 0. The van der Waals surface area contributed by atoms with Crippen LogP contribution in [0, 0.1) is 0 Å². The third-order valence-corrected chi connectivity index (χ3v) is 6.33. The Hall–Kier alpha value is -2.64. The molecule has 2 aromatic carbocycles. The number of hydrogen-bond acceptors (Lipinski definition) is 6. The van der Waals surface area contributed by atoms with Crippen LogP contribution < -0.4 is 14.4 Å². The van der Waals surface area contributed by atoms with E-state index in [1.54, 1.807) is 4.90 Å². The van der Waals surface area contributed by atoms with Crippen LogP contribution in [-0.4, -0.2) is 56.2 Å². The van der Waals surface area contributed by atoms with Crippen LogP contribution in [0.3, 0.4) is 0 Å². The Morgan fingerprint density at radius 3 is 2.29 bits per heavy atom. The van der Waals surface area contributed by atoms with E-state index in [0.717, 1.165) is 22.5 Å². The first-order chi connectivity index (χ1) is 14.7. The third-order valence-electron chi connectivity index (χ3n) is 5.29. The molecule has 7 heteroatoms. The Morgan fingerprint density at radius 2 is 1.68 bits per heavy atom. The molecule has 0 aliphatic carbocycles. The highest BCUT2D eigenvalue weighted by Gasteiger charge is 2.24. The molecule has 0 saturated carbocycles. The Morgan fingerprint density at radius 1 is 1.03 bits per heavy atom. The second kappa shape index (κ2) is 8.48. The Labute approximate surface area is 187 Å². The summed E-state index contributed by atoms with van der Waals surface area (Å²) in [6.45, 7) is 8.88. The Bertz CT molecular complexity index is 1040. The summed E-state index contributed by atoms with van der Waals surface area (Å²) in [6.07, 6.45) is 0. The van der Waals surface area contributed by atoms with Crippen molar-refractivity contribution in [2.75, 3.05) is 45.3 Å². The molecule has 4 rings (SSSR count). The molecule has 2 heterocycles. The van der Waals surface area contributed by atoms with Gasteiger partial charge in [-0.1, -0.05) is 44.2 Å². The molecule has 0 spiro atoms. The molecular formula is C24H29N3O3S. The molecule has 1 aliphatic heterocycles. The number of likely N-dealkylation sites (N-methyl/N-ethyl adjacent to an activating group) is 1. The van der Waals surface area contributed by atoms with Crippen molar-refractivity contribution in [1.82, 2.24) is 9.88 Å². The smallest absolute Gasteiger partial charge is 0.260 e. The fourth-order valence-electron chi connectivity index (χ4n) is 3.42. The third kappa shape index (κ3) is 4.67. The summed E-state index contributed by atoms with van der Waals surface area (Å²) >= 11 is 1.50. The van der Waals surface area contributed by atoms with E-state index in [4.69, 9.17) is 14.5 Å². The first-order valence-electron chi connectivity index (χ1n) is 10.5. The van der Waals surface area contributed by atoms with E-state index in [2.05, 4.69) is 25.7 Å². The Kier molecular flexibility index (Phi) is 5.90. The van der Waals surface area contributed by atoms with Gasteiger partial charge in [0.05, 0.1) is 10.2 Å². The second-order valence-corrected chi connectivity index (χ2v) is 10.1. The molecule has 1 aromatic heterocycles. The minimum absolute atomic E-state index is 0.0429. The van der Waals surface area contributed by atoms with Gasteiger partial charge in [-0.2, -0.15) is 0 Å². The van der Waals surface area contributed by atoms with E-state index >= 15 is 0 Å². The van der Waals surface area contributed by atoms with Crippen LogP contribution in [-0.2, 0) is 5.41 Å². The van der Waals surface area contributed by atoms with Crippen LogP contribution in [0.4, 0.5) is 5.13 Å². The highest BCUT2D eigenvalue weighted by Crippen LogP contribution is 2.39. The number of fused-ring (bicyclic) bond motifs is 2. The van der Waals surface area contributed by atoms with Gasteiger partial charge in [-0.15, -0.1) is 0 Å². The highest BCUT2D eigenvalue weighted by atomic mass is 32.1. The van der Waals surface area contributed by atoms with Crippen molar-refractivity contribution in [3.63, 3.8) is 0 Å². The number of aromatic nitrogens is 1. The van der Waals surface area contributed by atoms with Gasteiger partial charge in [0.1, 0.15) is 13.2 Å². The number of carbonyl (C=O) groups excluding carboxylic acids is 1.